The number of esters is 1. The standard InChI is InChI=1S/C11H16O6/c1-5(2)11(16)17-10-6(4-12)3-7(13)8(14)9(10)15/h3-5,7-10,13-15H,1-2H3/t7-,8+,9-,10-/m0/s1. The molecule has 0 aliphatic heterocycles. The second kappa shape index (κ2) is 5.39. The maximum absolute atomic E-state index is 11.4. The van der Waals surface area contributed by atoms with Crippen molar-refractivity contribution in [3.05, 3.63) is 11.6 Å². The van der Waals surface area contributed by atoms with Crippen molar-refractivity contribution >= 4 is 12.3 Å². The lowest BCUT2D eigenvalue weighted by Gasteiger charge is -2.33. The average Bonchev–Trinajstić information content (AvgIpc) is 2.29. The molecule has 0 spiro atoms. The maximum Gasteiger partial charge on any atom is 0.309 e. The Kier molecular flexibility index (Phi) is 4.39. The Labute approximate surface area is 98.5 Å². The molecule has 0 fully saturated rings. The van der Waals surface area contributed by atoms with E-state index in [1.54, 1.807) is 13.8 Å². The summed E-state index contributed by atoms with van der Waals surface area (Å²) < 4.78 is 4.93. The van der Waals surface area contributed by atoms with Gasteiger partial charge in [0.15, 0.2) is 6.10 Å². The summed E-state index contributed by atoms with van der Waals surface area (Å²) in [7, 11) is 0. The number of carbonyl (C=O) groups is 2. The number of aliphatic hydroxyl groups excluding tert-OH is 3. The molecule has 0 saturated carbocycles. The van der Waals surface area contributed by atoms with E-state index in [9.17, 15) is 24.9 Å². The molecule has 1 rings (SSSR count). The molecule has 96 valence electrons. The first-order chi connectivity index (χ1) is 7.88. The lowest BCUT2D eigenvalue weighted by molar-refractivity contribution is -0.165. The largest absolute Gasteiger partial charge is 0.454 e. The van der Waals surface area contributed by atoms with Crippen molar-refractivity contribution in [1.82, 2.24) is 0 Å². The van der Waals surface area contributed by atoms with Crippen molar-refractivity contribution in [3.8, 4) is 0 Å². The van der Waals surface area contributed by atoms with E-state index in [0.29, 0.717) is 6.29 Å². The highest BCUT2D eigenvalue weighted by Crippen LogP contribution is 2.22. The van der Waals surface area contributed by atoms with Gasteiger partial charge in [0, 0.05) is 5.57 Å². The third-order valence-corrected chi connectivity index (χ3v) is 2.55. The first-order valence-electron chi connectivity index (χ1n) is 5.30. The molecular formula is C11H16O6. The van der Waals surface area contributed by atoms with Gasteiger partial charge in [0.2, 0.25) is 0 Å². The van der Waals surface area contributed by atoms with Crippen LogP contribution < -0.4 is 0 Å². The van der Waals surface area contributed by atoms with Crippen LogP contribution in [-0.2, 0) is 14.3 Å². The summed E-state index contributed by atoms with van der Waals surface area (Å²) >= 11 is 0. The third-order valence-electron chi connectivity index (χ3n) is 2.55. The topological polar surface area (TPSA) is 104 Å². The highest BCUT2D eigenvalue weighted by Gasteiger charge is 2.40. The smallest absolute Gasteiger partial charge is 0.309 e. The molecule has 0 aromatic rings. The normalized spacial score (nSPS) is 33.2. The highest BCUT2D eigenvalue weighted by atomic mass is 16.6. The van der Waals surface area contributed by atoms with Gasteiger partial charge >= 0.3 is 5.97 Å². The minimum atomic E-state index is -1.52. The van der Waals surface area contributed by atoms with Crippen molar-refractivity contribution in [2.75, 3.05) is 0 Å². The highest BCUT2D eigenvalue weighted by molar-refractivity contribution is 5.78. The number of carbonyl (C=O) groups excluding carboxylic acids is 2. The van der Waals surface area contributed by atoms with E-state index in [1.807, 2.05) is 0 Å². The van der Waals surface area contributed by atoms with Crippen LogP contribution in [0.25, 0.3) is 0 Å². The van der Waals surface area contributed by atoms with Gasteiger partial charge in [-0.15, -0.1) is 0 Å². The molecule has 1 aliphatic carbocycles. The van der Waals surface area contributed by atoms with Crippen LogP contribution in [0.4, 0.5) is 0 Å². The van der Waals surface area contributed by atoms with Crippen LogP contribution >= 0.6 is 0 Å². The van der Waals surface area contributed by atoms with Gasteiger partial charge < -0.3 is 20.1 Å². The van der Waals surface area contributed by atoms with Gasteiger partial charge in [-0.3, -0.25) is 9.59 Å². The van der Waals surface area contributed by atoms with Gasteiger partial charge in [-0.1, -0.05) is 13.8 Å². The molecule has 6 heteroatoms. The summed E-state index contributed by atoms with van der Waals surface area (Å²) in [6.07, 6.45) is -4.12. The number of aldehydes is 1. The van der Waals surface area contributed by atoms with Crippen LogP contribution in [0.3, 0.4) is 0 Å². The predicted octanol–water partition coefficient (Wildman–Crippen LogP) is -1.22. The fraction of sp³-hybridized carbons (Fsp3) is 0.636. The summed E-state index contributed by atoms with van der Waals surface area (Å²) in [6, 6.07) is 0. The Hall–Kier alpha value is -1.24. The second-order valence-corrected chi connectivity index (χ2v) is 4.27. The van der Waals surface area contributed by atoms with Gasteiger partial charge in [0.1, 0.15) is 24.6 Å². The van der Waals surface area contributed by atoms with Crippen LogP contribution in [0.1, 0.15) is 13.8 Å². The quantitative estimate of drug-likeness (QED) is 0.424. The molecule has 0 aromatic heterocycles. The monoisotopic (exact) mass is 244 g/mol. The van der Waals surface area contributed by atoms with Crippen molar-refractivity contribution in [1.29, 1.82) is 0 Å². The lowest BCUT2D eigenvalue weighted by Crippen LogP contribution is -2.50. The minimum absolute atomic E-state index is 0.0516. The van der Waals surface area contributed by atoms with E-state index in [2.05, 4.69) is 0 Å². The third kappa shape index (κ3) is 2.91. The molecule has 6 nitrogen and oxygen atoms in total. The molecule has 0 unspecified atom stereocenters. The van der Waals surface area contributed by atoms with Gasteiger partial charge in [0.05, 0.1) is 5.92 Å². The van der Waals surface area contributed by atoms with E-state index in [0.717, 1.165) is 6.08 Å². The SMILES string of the molecule is CC(C)C(=O)O[C@H]1C(C=O)=C[C@H](O)[C@@H](O)[C@@H]1O. The number of hydrogen-bond acceptors (Lipinski definition) is 6. The Morgan fingerprint density at radius 2 is 1.94 bits per heavy atom. The van der Waals surface area contributed by atoms with Crippen molar-refractivity contribution < 1.29 is 29.6 Å². The summed E-state index contributed by atoms with van der Waals surface area (Å²) in [5.74, 6) is -1.01. The maximum atomic E-state index is 11.4. The average molecular weight is 244 g/mol. The molecule has 0 amide bonds. The number of rotatable bonds is 3. The predicted molar refractivity (Wildman–Crippen MR) is 56.9 cm³/mol. The van der Waals surface area contributed by atoms with Gasteiger partial charge in [0.25, 0.3) is 0 Å². The molecule has 0 aromatic carbocycles. The van der Waals surface area contributed by atoms with Crippen LogP contribution in [0.2, 0.25) is 0 Å². The number of hydrogen-bond donors (Lipinski definition) is 3. The van der Waals surface area contributed by atoms with Crippen LogP contribution in [-0.4, -0.2) is 52.0 Å². The Morgan fingerprint density at radius 1 is 1.35 bits per heavy atom. The molecular weight excluding hydrogens is 228 g/mol. The van der Waals surface area contributed by atoms with Gasteiger partial charge in [-0.05, 0) is 6.08 Å². The molecule has 0 bridgehead atoms. The Balaban J connectivity index is 2.91. The summed E-state index contributed by atoms with van der Waals surface area (Å²) in [6.45, 7) is 3.21. The van der Waals surface area contributed by atoms with Gasteiger partial charge in [-0.25, -0.2) is 0 Å². The molecule has 17 heavy (non-hydrogen) atoms. The molecule has 1 aliphatic rings. The van der Waals surface area contributed by atoms with E-state index in [1.165, 1.54) is 0 Å². The number of aliphatic hydroxyl groups is 3. The minimum Gasteiger partial charge on any atom is -0.454 e. The first kappa shape index (κ1) is 13.8. The zero-order chi connectivity index (χ0) is 13.2. The molecule has 0 radical (unpaired) electrons. The van der Waals surface area contributed by atoms with Crippen molar-refractivity contribution in [3.63, 3.8) is 0 Å². The summed E-state index contributed by atoms with van der Waals surface area (Å²) in [5, 5.41) is 28.4. The van der Waals surface area contributed by atoms with Crippen LogP contribution in [0.5, 0.6) is 0 Å². The van der Waals surface area contributed by atoms with E-state index >= 15 is 0 Å². The zero-order valence-electron chi connectivity index (χ0n) is 9.61. The summed E-state index contributed by atoms with van der Waals surface area (Å²) in [5.41, 5.74) is -0.0516. The molecule has 3 N–H and O–H groups in total. The molecule has 4 atom stereocenters. The van der Waals surface area contributed by atoms with Crippen LogP contribution in [0, 0.1) is 5.92 Å². The Bertz CT molecular complexity index is 335. The zero-order valence-corrected chi connectivity index (χ0v) is 9.61. The lowest BCUT2D eigenvalue weighted by atomic mass is 9.90. The van der Waals surface area contributed by atoms with E-state index in [-0.39, 0.29) is 5.57 Å². The van der Waals surface area contributed by atoms with E-state index in [4.69, 9.17) is 4.74 Å². The first-order valence-corrected chi connectivity index (χ1v) is 5.30. The second-order valence-electron chi connectivity index (χ2n) is 4.27. The van der Waals surface area contributed by atoms with Crippen molar-refractivity contribution in [2.45, 2.75) is 38.3 Å². The fourth-order valence-corrected chi connectivity index (χ4v) is 1.47. The van der Waals surface area contributed by atoms with Crippen molar-refractivity contribution in [2.24, 2.45) is 5.92 Å². The molecule has 0 heterocycles. The fourth-order valence-electron chi connectivity index (χ4n) is 1.47. The van der Waals surface area contributed by atoms with Crippen LogP contribution in [0.15, 0.2) is 11.6 Å². The van der Waals surface area contributed by atoms with Gasteiger partial charge in [-0.2, -0.15) is 0 Å². The number of ether oxygens (including phenoxy) is 1. The molecule has 0 saturated heterocycles. The Morgan fingerprint density at radius 3 is 2.41 bits per heavy atom. The van der Waals surface area contributed by atoms with E-state index < -0.39 is 36.3 Å². The summed E-state index contributed by atoms with van der Waals surface area (Å²) in [4.78, 5) is 22.1.